The highest BCUT2D eigenvalue weighted by molar-refractivity contribution is 6.28. The molecule has 2 heteroatoms. The summed E-state index contributed by atoms with van der Waals surface area (Å²) in [6.07, 6.45) is 7.64. The first kappa shape index (κ1) is 11.6. The molecule has 0 bridgehead atoms. The van der Waals surface area contributed by atoms with Gasteiger partial charge in [0.1, 0.15) is 0 Å². The summed E-state index contributed by atoms with van der Waals surface area (Å²) in [7, 11) is 0. The minimum Gasteiger partial charge on any atom is -0.125 e. The molecule has 0 aromatic heterocycles. The minimum atomic E-state index is 0.193. The molecular formula is C9H18Cl2. The van der Waals surface area contributed by atoms with Crippen LogP contribution in [0.15, 0.2) is 0 Å². The second kappa shape index (κ2) is 8.67. The molecular weight excluding hydrogens is 179 g/mol. The number of hydrogen-bond acceptors (Lipinski definition) is 0. The van der Waals surface area contributed by atoms with Crippen LogP contribution >= 0.6 is 23.2 Å². The summed E-state index contributed by atoms with van der Waals surface area (Å²) in [6, 6.07) is 0. The minimum absolute atomic E-state index is 0.193. The predicted molar refractivity (Wildman–Crippen MR) is 53.7 cm³/mol. The molecule has 0 aliphatic carbocycles. The lowest BCUT2D eigenvalue weighted by Crippen LogP contribution is -1.98. The van der Waals surface area contributed by atoms with Gasteiger partial charge in [-0.1, -0.05) is 39.0 Å². The molecule has 0 amide bonds. The quantitative estimate of drug-likeness (QED) is 0.424. The van der Waals surface area contributed by atoms with Gasteiger partial charge < -0.3 is 0 Å². The van der Waals surface area contributed by atoms with Gasteiger partial charge >= 0.3 is 0 Å². The number of rotatable bonds is 7. The lowest BCUT2D eigenvalue weighted by atomic mass is 10.1. The molecule has 0 unspecified atom stereocenters. The summed E-state index contributed by atoms with van der Waals surface area (Å²) < 4.78 is 0. The van der Waals surface area contributed by atoms with Crippen LogP contribution in [0, 0.1) is 0 Å². The molecule has 0 saturated carbocycles. The second-order valence-corrected chi connectivity index (χ2v) is 3.88. The summed E-state index contributed by atoms with van der Waals surface area (Å²) >= 11 is 11.4. The Morgan fingerprint density at radius 1 is 1.09 bits per heavy atom. The van der Waals surface area contributed by atoms with Gasteiger partial charge in [-0.05, 0) is 6.42 Å². The van der Waals surface area contributed by atoms with E-state index in [2.05, 4.69) is 6.92 Å². The summed E-state index contributed by atoms with van der Waals surface area (Å²) in [6.45, 7) is 2.23. The first-order valence-corrected chi connectivity index (χ1v) is 5.48. The Balaban J connectivity index is 2.89. The highest BCUT2D eigenvalue weighted by Crippen LogP contribution is 2.11. The van der Waals surface area contributed by atoms with Crippen LogP contribution in [0.3, 0.4) is 0 Å². The van der Waals surface area contributed by atoms with Crippen LogP contribution < -0.4 is 0 Å². The van der Waals surface area contributed by atoms with Gasteiger partial charge in [-0.15, -0.1) is 23.2 Å². The van der Waals surface area contributed by atoms with Crippen molar-refractivity contribution in [2.24, 2.45) is 0 Å². The monoisotopic (exact) mass is 196 g/mol. The van der Waals surface area contributed by atoms with Crippen LogP contribution in [-0.4, -0.2) is 11.3 Å². The lowest BCUT2D eigenvalue weighted by molar-refractivity contribution is 0.605. The van der Waals surface area contributed by atoms with Crippen molar-refractivity contribution in [2.75, 3.05) is 5.88 Å². The van der Waals surface area contributed by atoms with E-state index in [1.54, 1.807) is 0 Å². The van der Waals surface area contributed by atoms with E-state index in [1.165, 1.54) is 32.1 Å². The molecule has 0 nitrogen and oxygen atoms in total. The molecule has 68 valence electrons. The average molecular weight is 197 g/mol. The summed E-state index contributed by atoms with van der Waals surface area (Å²) in [5.74, 6) is 0.593. The molecule has 0 N–H and O–H groups in total. The van der Waals surface area contributed by atoms with Crippen molar-refractivity contribution in [3.8, 4) is 0 Å². The van der Waals surface area contributed by atoms with Crippen molar-refractivity contribution in [3.63, 3.8) is 0 Å². The van der Waals surface area contributed by atoms with E-state index in [-0.39, 0.29) is 5.38 Å². The first-order valence-electron chi connectivity index (χ1n) is 4.51. The third kappa shape index (κ3) is 8.49. The van der Waals surface area contributed by atoms with Crippen LogP contribution in [-0.2, 0) is 0 Å². The number of alkyl halides is 2. The summed E-state index contributed by atoms with van der Waals surface area (Å²) in [5.41, 5.74) is 0. The van der Waals surface area contributed by atoms with Gasteiger partial charge in [0, 0.05) is 11.3 Å². The van der Waals surface area contributed by atoms with E-state index >= 15 is 0 Å². The maximum Gasteiger partial charge on any atom is 0.0471 e. The highest BCUT2D eigenvalue weighted by Gasteiger charge is 2.00. The van der Waals surface area contributed by atoms with Crippen molar-refractivity contribution in [1.29, 1.82) is 0 Å². The molecule has 11 heavy (non-hydrogen) atoms. The largest absolute Gasteiger partial charge is 0.125 e. The standard InChI is InChI=1S/C9H18Cl2/c1-2-3-4-5-6-7-9(11)8-10/h9H,2-8H2,1H3/t9-/m1/s1. The zero-order chi connectivity index (χ0) is 8.53. The van der Waals surface area contributed by atoms with Gasteiger partial charge in [0.2, 0.25) is 0 Å². The molecule has 0 spiro atoms. The van der Waals surface area contributed by atoms with Crippen molar-refractivity contribution >= 4 is 23.2 Å². The smallest absolute Gasteiger partial charge is 0.0471 e. The fourth-order valence-electron chi connectivity index (χ4n) is 1.05. The fourth-order valence-corrected chi connectivity index (χ4v) is 1.36. The Hall–Kier alpha value is 0.580. The Morgan fingerprint density at radius 3 is 2.27 bits per heavy atom. The lowest BCUT2D eigenvalue weighted by Gasteiger charge is -2.03. The van der Waals surface area contributed by atoms with Gasteiger partial charge in [-0.2, -0.15) is 0 Å². The Morgan fingerprint density at radius 2 is 1.73 bits per heavy atom. The molecule has 0 aromatic rings. The molecule has 0 aliphatic heterocycles. The van der Waals surface area contributed by atoms with Crippen molar-refractivity contribution in [1.82, 2.24) is 0 Å². The number of unbranched alkanes of at least 4 members (excludes halogenated alkanes) is 4. The summed E-state index contributed by atoms with van der Waals surface area (Å²) in [5, 5.41) is 0.193. The number of hydrogen-bond donors (Lipinski definition) is 0. The van der Waals surface area contributed by atoms with Crippen molar-refractivity contribution in [3.05, 3.63) is 0 Å². The van der Waals surface area contributed by atoms with Gasteiger partial charge in [0.15, 0.2) is 0 Å². The van der Waals surface area contributed by atoms with Gasteiger partial charge in [0.25, 0.3) is 0 Å². The van der Waals surface area contributed by atoms with E-state index in [0.717, 1.165) is 6.42 Å². The van der Waals surface area contributed by atoms with E-state index in [4.69, 9.17) is 23.2 Å². The molecule has 0 rings (SSSR count). The van der Waals surface area contributed by atoms with Crippen LogP contribution in [0.1, 0.15) is 45.4 Å². The molecule has 0 saturated heterocycles. The van der Waals surface area contributed by atoms with Crippen molar-refractivity contribution in [2.45, 2.75) is 50.8 Å². The zero-order valence-corrected chi connectivity index (χ0v) is 8.79. The fraction of sp³-hybridized carbons (Fsp3) is 1.00. The van der Waals surface area contributed by atoms with Crippen LogP contribution in [0.5, 0.6) is 0 Å². The van der Waals surface area contributed by atoms with Gasteiger partial charge in [-0.25, -0.2) is 0 Å². The Kier molecular flexibility index (Phi) is 9.13. The van der Waals surface area contributed by atoms with E-state index in [0.29, 0.717) is 5.88 Å². The molecule has 1 atom stereocenters. The predicted octanol–water partition coefficient (Wildman–Crippen LogP) is 4.19. The summed E-state index contributed by atoms with van der Waals surface area (Å²) in [4.78, 5) is 0. The highest BCUT2D eigenvalue weighted by atomic mass is 35.5. The Labute approximate surface area is 80.3 Å². The van der Waals surface area contributed by atoms with Gasteiger partial charge in [-0.3, -0.25) is 0 Å². The molecule has 0 aromatic carbocycles. The first-order chi connectivity index (χ1) is 5.31. The topological polar surface area (TPSA) is 0 Å². The van der Waals surface area contributed by atoms with Crippen LogP contribution in [0.2, 0.25) is 0 Å². The Bertz CT molecular complexity index is 74.0. The molecule has 0 fully saturated rings. The van der Waals surface area contributed by atoms with E-state index in [9.17, 15) is 0 Å². The molecule has 0 radical (unpaired) electrons. The maximum absolute atomic E-state index is 5.85. The van der Waals surface area contributed by atoms with Gasteiger partial charge in [0.05, 0.1) is 0 Å². The third-order valence-electron chi connectivity index (χ3n) is 1.79. The van der Waals surface area contributed by atoms with E-state index < -0.39 is 0 Å². The molecule has 0 aliphatic rings. The number of halogens is 2. The molecule has 0 heterocycles. The third-order valence-corrected chi connectivity index (χ3v) is 2.69. The van der Waals surface area contributed by atoms with Crippen molar-refractivity contribution < 1.29 is 0 Å². The average Bonchev–Trinajstić information content (AvgIpc) is 2.04. The maximum atomic E-state index is 5.85. The van der Waals surface area contributed by atoms with Crippen LogP contribution in [0.25, 0.3) is 0 Å². The normalized spacial score (nSPS) is 13.4. The van der Waals surface area contributed by atoms with E-state index in [1.807, 2.05) is 0 Å². The second-order valence-electron chi connectivity index (χ2n) is 2.95. The zero-order valence-electron chi connectivity index (χ0n) is 7.28. The van der Waals surface area contributed by atoms with Crippen LogP contribution in [0.4, 0.5) is 0 Å². The SMILES string of the molecule is CCCCCCC[C@@H](Cl)CCl.